The molecule has 0 saturated carbocycles. The van der Waals surface area contributed by atoms with Gasteiger partial charge in [-0.25, -0.2) is 9.18 Å². The summed E-state index contributed by atoms with van der Waals surface area (Å²) < 4.78 is 24.7. The first kappa shape index (κ1) is 29.6. The molecule has 0 spiro atoms. The van der Waals surface area contributed by atoms with Gasteiger partial charge in [-0.05, 0) is 70.4 Å². The minimum atomic E-state index is -0.512. The van der Waals surface area contributed by atoms with Crippen LogP contribution in [0.1, 0.15) is 51.7 Å². The third-order valence-corrected chi connectivity index (χ3v) is 7.48. The average molecular weight is 555 g/mol. The second-order valence-corrected chi connectivity index (χ2v) is 11.9. The number of hydrogen-bond acceptors (Lipinski definition) is 6. The Bertz CT molecular complexity index is 1180. The van der Waals surface area contributed by atoms with Gasteiger partial charge in [-0.3, -0.25) is 9.69 Å². The van der Waals surface area contributed by atoms with Gasteiger partial charge in [0.2, 0.25) is 5.91 Å². The molecule has 0 unspecified atom stereocenters. The summed E-state index contributed by atoms with van der Waals surface area (Å²) in [6.45, 7) is 11.8. The minimum absolute atomic E-state index is 0.0414. The van der Waals surface area contributed by atoms with Crippen LogP contribution in [-0.4, -0.2) is 84.2 Å². The Morgan fingerprint density at radius 1 is 1.05 bits per heavy atom. The van der Waals surface area contributed by atoms with Gasteiger partial charge in [-0.15, -0.1) is 0 Å². The van der Waals surface area contributed by atoms with E-state index in [0.29, 0.717) is 32.6 Å². The maximum Gasteiger partial charge on any atom is 0.410 e. The normalized spacial score (nSPS) is 18.9. The van der Waals surface area contributed by atoms with Gasteiger partial charge >= 0.3 is 6.09 Å². The number of halogens is 1. The van der Waals surface area contributed by atoms with Crippen molar-refractivity contribution in [2.45, 2.75) is 71.2 Å². The largest absolute Gasteiger partial charge is 0.496 e. The number of hydrogen-bond donors (Lipinski definition) is 1. The zero-order valence-electron chi connectivity index (χ0n) is 24.4. The van der Waals surface area contributed by atoms with Crippen LogP contribution in [0.5, 0.6) is 5.75 Å². The van der Waals surface area contributed by atoms with Gasteiger partial charge in [0, 0.05) is 62.6 Å². The number of rotatable bonds is 7. The van der Waals surface area contributed by atoms with Gasteiger partial charge in [0.15, 0.2) is 0 Å². The highest BCUT2D eigenvalue weighted by molar-refractivity contribution is 5.79. The van der Waals surface area contributed by atoms with Gasteiger partial charge in [0.05, 0.1) is 13.5 Å². The summed E-state index contributed by atoms with van der Waals surface area (Å²) in [6.07, 6.45) is 1.71. The Labute approximate surface area is 237 Å². The van der Waals surface area contributed by atoms with Gasteiger partial charge in [0.1, 0.15) is 17.2 Å². The van der Waals surface area contributed by atoms with E-state index in [9.17, 15) is 14.0 Å². The minimum Gasteiger partial charge on any atom is -0.496 e. The topological polar surface area (TPSA) is 74.4 Å². The van der Waals surface area contributed by atoms with Crippen LogP contribution in [0.2, 0.25) is 0 Å². The Hall–Kier alpha value is -3.33. The van der Waals surface area contributed by atoms with Crippen molar-refractivity contribution in [1.29, 1.82) is 0 Å². The summed E-state index contributed by atoms with van der Waals surface area (Å²) in [5.74, 6) is 0.617. The molecule has 0 aromatic heterocycles. The molecular formula is C31H43FN4O4. The first-order valence-corrected chi connectivity index (χ1v) is 14.2. The number of carbonyl (C=O) groups excluding carboxylic acids is 2. The SMILES string of the molecule is COc1cc(CC(=O)N2CCC(Nc3cccc(F)c3)CC2)ccc1CN1CCN(C(=O)OC(C)(C)C)[C@@H](C)C1. The Balaban J connectivity index is 1.27. The van der Waals surface area contributed by atoms with Crippen LogP contribution < -0.4 is 10.1 Å². The van der Waals surface area contributed by atoms with Crippen LogP contribution in [0.3, 0.4) is 0 Å². The number of piperazine rings is 1. The first-order chi connectivity index (χ1) is 19.0. The number of likely N-dealkylation sites (tertiary alicyclic amines) is 1. The number of piperidine rings is 1. The molecule has 40 heavy (non-hydrogen) atoms. The molecule has 0 radical (unpaired) electrons. The van der Waals surface area contributed by atoms with Crippen LogP contribution in [-0.2, 0) is 22.5 Å². The Morgan fingerprint density at radius 3 is 2.45 bits per heavy atom. The fourth-order valence-electron chi connectivity index (χ4n) is 5.41. The van der Waals surface area contributed by atoms with Gasteiger partial charge in [-0.2, -0.15) is 0 Å². The highest BCUT2D eigenvalue weighted by atomic mass is 19.1. The smallest absolute Gasteiger partial charge is 0.410 e. The molecule has 4 rings (SSSR count). The van der Waals surface area contributed by atoms with E-state index in [2.05, 4.69) is 10.2 Å². The van der Waals surface area contributed by atoms with Crippen molar-refractivity contribution in [3.63, 3.8) is 0 Å². The predicted octanol–water partition coefficient (Wildman–Crippen LogP) is 4.92. The fourth-order valence-corrected chi connectivity index (χ4v) is 5.41. The molecule has 2 aromatic rings. The first-order valence-electron chi connectivity index (χ1n) is 14.2. The number of nitrogens with zero attached hydrogens (tertiary/aromatic N) is 3. The monoisotopic (exact) mass is 554 g/mol. The Kier molecular flexibility index (Phi) is 9.56. The predicted molar refractivity (Wildman–Crippen MR) is 154 cm³/mol. The lowest BCUT2D eigenvalue weighted by Gasteiger charge is -2.40. The van der Waals surface area contributed by atoms with Crippen LogP contribution in [0.25, 0.3) is 0 Å². The van der Waals surface area contributed by atoms with Crippen molar-refractivity contribution in [3.8, 4) is 5.75 Å². The van der Waals surface area contributed by atoms with Crippen molar-refractivity contribution in [2.24, 2.45) is 0 Å². The summed E-state index contributed by atoms with van der Waals surface area (Å²) in [6, 6.07) is 12.8. The van der Waals surface area contributed by atoms with Crippen molar-refractivity contribution in [2.75, 3.05) is 45.2 Å². The van der Waals surface area contributed by atoms with Crippen molar-refractivity contribution in [3.05, 3.63) is 59.4 Å². The fraction of sp³-hybridized carbons (Fsp3) is 0.548. The van der Waals surface area contributed by atoms with Crippen LogP contribution in [0.4, 0.5) is 14.9 Å². The third kappa shape index (κ3) is 8.10. The van der Waals surface area contributed by atoms with E-state index in [1.54, 1.807) is 18.1 Å². The number of methoxy groups -OCH3 is 1. The van der Waals surface area contributed by atoms with Crippen molar-refractivity contribution in [1.82, 2.24) is 14.7 Å². The molecule has 0 aliphatic carbocycles. The lowest BCUT2D eigenvalue weighted by molar-refractivity contribution is -0.131. The zero-order valence-corrected chi connectivity index (χ0v) is 24.4. The second kappa shape index (κ2) is 12.9. The summed E-state index contributed by atoms with van der Waals surface area (Å²) >= 11 is 0. The molecule has 2 amide bonds. The summed E-state index contributed by atoms with van der Waals surface area (Å²) in [5.41, 5.74) is 2.24. The molecule has 2 saturated heterocycles. The third-order valence-electron chi connectivity index (χ3n) is 7.48. The van der Waals surface area contributed by atoms with Crippen LogP contribution >= 0.6 is 0 Å². The maximum atomic E-state index is 13.5. The molecule has 2 aliphatic heterocycles. The number of nitrogens with one attached hydrogen (secondary N) is 1. The molecular weight excluding hydrogens is 511 g/mol. The lowest BCUT2D eigenvalue weighted by atomic mass is 10.0. The van der Waals surface area contributed by atoms with Crippen molar-refractivity contribution < 1.29 is 23.5 Å². The number of ether oxygens (including phenoxy) is 2. The van der Waals surface area contributed by atoms with E-state index in [1.807, 2.05) is 56.9 Å². The number of carbonyl (C=O) groups is 2. The second-order valence-electron chi connectivity index (χ2n) is 11.9. The molecule has 0 bridgehead atoms. The molecule has 2 heterocycles. The standard InChI is InChI=1S/C31H43FN4O4/c1-22-20-34(15-16-36(22)30(38)40-31(2,3)4)21-24-10-9-23(17-28(24)39-5)18-29(37)35-13-11-26(12-14-35)33-27-8-6-7-25(32)19-27/h6-10,17,19,22,26,33H,11-16,18,20-21H2,1-5H3/t22-/m0/s1. The van der Waals surface area contributed by atoms with Gasteiger partial charge in [0.25, 0.3) is 0 Å². The van der Waals surface area contributed by atoms with Crippen LogP contribution in [0, 0.1) is 5.82 Å². The molecule has 2 aliphatic rings. The number of benzene rings is 2. The van der Waals surface area contributed by atoms with Crippen LogP contribution in [0.15, 0.2) is 42.5 Å². The van der Waals surface area contributed by atoms with E-state index < -0.39 is 5.60 Å². The summed E-state index contributed by atoms with van der Waals surface area (Å²) in [4.78, 5) is 31.6. The van der Waals surface area contributed by atoms with E-state index in [0.717, 1.165) is 48.5 Å². The molecule has 2 fully saturated rings. The highest BCUT2D eigenvalue weighted by Gasteiger charge is 2.31. The summed E-state index contributed by atoms with van der Waals surface area (Å²) in [7, 11) is 1.66. The van der Waals surface area contributed by atoms with E-state index in [1.165, 1.54) is 12.1 Å². The quantitative estimate of drug-likeness (QED) is 0.524. The van der Waals surface area contributed by atoms with Gasteiger partial charge in [-0.1, -0.05) is 18.2 Å². The molecule has 9 heteroatoms. The zero-order chi connectivity index (χ0) is 28.9. The van der Waals surface area contributed by atoms with E-state index >= 15 is 0 Å². The maximum absolute atomic E-state index is 13.5. The van der Waals surface area contributed by atoms with E-state index in [-0.39, 0.29) is 29.9 Å². The summed E-state index contributed by atoms with van der Waals surface area (Å²) in [5, 5.41) is 3.38. The molecule has 8 nitrogen and oxygen atoms in total. The van der Waals surface area contributed by atoms with Gasteiger partial charge < -0.3 is 24.6 Å². The molecule has 1 N–H and O–H groups in total. The molecule has 218 valence electrons. The lowest BCUT2D eigenvalue weighted by Crippen LogP contribution is -2.54. The van der Waals surface area contributed by atoms with E-state index in [4.69, 9.17) is 9.47 Å². The number of anilines is 1. The average Bonchev–Trinajstić information content (AvgIpc) is 2.89. The highest BCUT2D eigenvalue weighted by Crippen LogP contribution is 2.25. The number of amides is 2. The molecule has 1 atom stereocenters. The molecule has 2 aromatic carbocycles. The Morgan fingerprint density at radius 2 is 1.80 bits per heavy atom. The van der Waals surface area contributed by atoms with Crippen molar-refractivity contribution >= 4 is 17.7 Å².